The van der Waals surface area contributed by atoms with Gasteiger partial charge in [0.1, 0.15) is 5.82 Å². The van der Waals surface area contributed by atoms with Crippen LogP contribution in [0.25, 0.3) is 0 Å². The lowest BCUT2D eigenvalue weighted by Crippen LogP contribution is -2.39. The van der Waals surface area contributed by atoms with Gasteiger partial charge in [-0.25, -0.2) is 18.1 Å². The fourth-order valence-electron chi connectivity index (χ4n) is 1.24. The Morgan fingerprint density at radius 2 is 2.17 bits per heavy atom. The zero-order valence-electron chi connectivity index (χ0n) is 10.8. The predicted molar refractivity (Wildman–Crippen MR) is 64.3 cm³/mol. The van der Waals surface area contributed by atoms with Crippen molar-refractivity contribution in [2.75, 3.05) is 13.7 Å². The molecular weight excluding hydrogens is 258 g/mol. The Morgan fingerprint density at radius 1 is 1.56 bits per heavy atom. The first-order valence-electron chi connectivity index (χ1n) is 5.29. The Balaban J connectivity index is 2.77. The third-order valence-electron chi connectivity index (χ3n) is 2.41. The van der Waals surface area contributed by atoms with Crippen molar-refractivity contribution in [1.82, 2.24) is 14.7 Å². The molecule has 0 amide bonds. The van der Waals surface area contributed by atoms with Gasteiger partial charge in [0.05, 0.1) is 18.7 Å². The van der Waals surface area contributed by atoms with Crippen LogP contribution in [0.3, 0.4) is 0 Å². The molecule has 0 aliphatic carbocycles. The first kappa shape index (κ1) is 14.7. The maximum atomic E-state index is 11.9. The fraction of sp³-hybridized carbons (Fsp3) is 0.600. The van der Waals surface area contributed by atoms with E-state index in [1.807, 2.05) is 0 Å². The molecule has 0 spiro atoms. The number of aryl methyl sites for hydroxylation is 1. The van der Waals surface area contributed by atoms with Crippen LogP contribution in [0, 0.1) is 12.3 Å². The average Bonchev–Trinajstić information content (AvgIpc) is 2.73. The molecule has 1 aromatic rings. The van der Waals surface area contributed by atoms with E-state index in [0.717, 1.165) is 0 Å². The molecule has 0 aromatic carbocycles. The van der Waals surface area contributed by atoms with E-state index in [-0.39, 0.29) is 11.6 Å². The van der Waals surface area contributed by atoms with Crippen LogP contribution < -0.4 is 4.72 Å². The van der Waals surface area contributed by atoms with Crippen LogP contribution in [0.5, 0.6) is 0 Å². The van der Waals surface area contributed by atoms with Crippen LogP contribution in [-0.2, 0) is 19.6 Å². The molecule has 1 aromatic heterocycles. The minimum Gasteiger partial charge on any atom is -0.469 e. The highest BCUT2D eigenvalue weighted by molar-refractivity contribution is 7.89. The van der Waals surface area contributed by atoms with Crippen molar-refractivity contribution >= 4 is 16.0 Å². The lowest BCUT2D eigenvalue weighted by atomic mass is 9.94. The van der Waals surface area contributed by atoms with Crippen molar-refractivity contribution in [2.45, 2.75) is 25.8 Å². The number of rotatable bonds is 5. The van der Waals surface area contributed by atoms with Gasteiger partial charge in [-0.05, 0) is 20.8 Å². The Labute approximate surface area is 106 Å². The van der Waals surface area contributed by atoms with E-state index in [0.29, 0.717) is 5.82 Å². The van der Waals surface area contributed by atoms with Gasteiger partial charge in [-0.3, -0.25) is 4.79 Å². The molecule has 0 atom stereocenters. The minimum absolute atomic E-state index is 0.0272. The van der Waals surface area contributed by atoms with Gasteiger partial charge >= 0.3 is 5.97 Å². The molecule has 0 saturated carbocycles. The standard InChI is InChI=1S/C10H17N3O4S/c1-7-11-5-8(13-7)18(15,16)12-6-10(2,3)9(14)17-4/h5,12H,6H2,1-4H3,(H,11,13). The molecule has 0 saturated heterocycles. The molecule has 102 valence electrons. The number of hydrogen-bond donors (Lipinski definition) is 2. The SMILES string of the molecule is COC(=O)C(C)(C)CNS(=O)(=O)c1cnc(C)[nH]1. The van der Waals surface area contributed by atoms with Gasteiger partial charge in [-0.2, -0.15) is 0 Å². The minimum atomic E-state index is -3.69. The van der Waals surface area contributed by atoms with E-state index in [1.54, 1.807) is 20.8 Å². The monoisotopic (exact) mass is 275 g/mol. The smallest absolute Gasteiger partial charge is 0.312 e. The molecule has 0 aliphatic heterocycles. The molecule has 0 bridgehead atoms. The zero-order chi connectivity index (χ0) is 14.0. The van der Waals surface area contributed by atoms with E-state index >= 15 is 0 Å². The van der Waals surface area contributed by atoms with E-state index in [2.05, 4.69) is 19.4 Å². The fourth-order valence-corrected chi connectivity index (χ4v) is 2.42. The van der Waals surface area contributed by atoms with Crippen LogP contribution >= 0.6 is 0 Å². The first-order chi connectivity index (χ1) is 8.19. The Hall–Kier alpha value is -1.41. The summed E-state index contributed by atoms with van der Waals surface area (Å²) in [5, 5.41) is -0.0272. The number of esters is 1. The summed E-state index contributed by atoms with van der Waals surface area (Å²) in [6.45, 7) is 4.79. The number of methoxy groups -OCH3 is 1. The van der Waals surface area contributed by atoms with Crippen LogP contribution in [0.15, 0.2) is 11.2 Å². The summed E-state index contributed by atoms with van der Waals surface area (Å²) >= 11 is 0. The molecule has 0 radical (unpaired) electrons. The van der Waals surface area contributed by atoms with Crippen molar-refractivity contribution in [3.8, 4) is 0 Å². The number of ether oxygens (including phenoxy) is 1. The van der Waals surface area contributed by atoms with Crippen LogP contribution in [0.1, 0.15) is 19.7 Å². The second-order valence-electron chi connectivity index (χ2n) is 4.53. The molecular formula is C10H17N3O4S. The molecule has 2 N–H and O–H groups in total. The number of carbonyl (C=O) groups excluding carboxylic acids is 1. The number of aromatic nitrogens is 2. The highest BCUT2D eigenvalue weighted by atomic mass is 32.2. The predicted octanol–water partition coefficient (Wildman–Crippen LogP) is 0.196. The number of sulfonamides is 1. The van der Waals surface area contributed by atoms with E-state index < -0.39 is 21.4 Å². The lowest BCUT2D eigenvalue weighted by Gasteiger charge is -2.21. The summed E-state index contributed by atoms with van der Waals surface area (Å²) < 4.78 is 30.7. The number of imidazole rings is 1. The van der Waals surface area contributed by atoms with Crippen molar-refractivity contribution in [1.29, 1.82) is 0 Å². The molecule has 0 fully saturated rings. The number of carbonyl (C=O) groups is 1. The summed E-state index contributed by atoms with van der Waals surface area (Å²) in [5.41, 5.74) is -0.934. The van der Waals surface area contributed by atoms with E-state index in [1.165, 1.54) is 13.3 Å². The number of nitrogens with one attached hydrogen (secondary N) is 2. The third-order valence-corrected chi connectivity index (χ3v) is 3.72. The molecule has 1 heterocycles. The molecule has 1 rings (SSSR count). The van der Waals surface area contributed by atoms with Crippen molar-refractivity contribution < 1.29 is 17.9 Å². The van der Waals surface area contributed by atoms with Gasteiger partial charge in [-0.1, -0.05) is 0 Å². The number of nitrogens with zero attached hydrogens (tertiary/aromatic N) is 1. The van der Waals surface area contributed by atoms with Crippen molar-refractivity contribution in [2.24, 2.45) is 5.41 Å². The Morgan fingerprint density at radius 3 is 2.61 bits per heavy atom. The van der Waals surface area contributed by atoms with Crippen molar-refractivity contribution in [3.05, 3.63) is 12.0 Å². The van der Waals surface area contributed by atoms with E-state index in [9.17, 15) is 13.2 Å². The maximum Gasteiger partial charge on any atom is 0.312 e. The maximum absolute atomic E-state index is 11.9. The average molecular weight is 275 g/mol. The largest absolute Gasteiger partial charge is 0.469 e. The highest BCUT2D eigenvalue weighted by Gasteiger charge is 2.31. The summed E-state index contributed by atoms with van der Waals surface area (Å²) in [5.74, 6) is 0.0218. The topological polar surface area (TPSA) is 101 Å². The molecule has 18 heavy (non-hydrogen) atoms. The Bertz CT molecular complexity index is 533. The van der Waals surface area contributed by atoms with Gasteiger partial charge in [0.2, 0.25) is 0 Å². The molecule has 0 unspecified atom stereocenters. The van der Waals surface area contributed by atoms with E-state index in [4.69, 9.17) is 0 Å². The lowest BCUT2D eigenvalue weighted by molar-refractivity contribution is -0.150. The van der Waals surface area contributed by atoms with Crippen LogP contribution in [-0.4, -0.2) is 38.0 Å². The van der Waals surface area contributed by atoms with Gasteiger partial charge in [-0.15, -0.1) is 0 Å². The number of H-pyrrole nitrogens is 1. The quantitative estimate of drug-likeness (QED) is 0.747. The van der Waals surface area contributed by atoms with Crippen molar-refractivity contribution in [3.63, 3.8) is 0 Å². The van der Waals surface area contributed by atoms with Gasteiger partial charge in [0.25, 0.3) is 10.0 Å². The first-order valence-corrected chi connectivity index (χ1v) is 6.77. The summed E-state index contributed by atoms with van der Waals surface area (Å²) in [6.07, 6.45) is 1.23. The van der Waals surface area contributed by atoms with Crippen LogP contribution in [0.2, 0.25) is 0 Å². The molecule has 7 nitrogen and oxygen atoms in total. The molecule has 8 heteroatoms. The normalized spacial score (nSPS) is 12.4. The zero-order valence-corrected chi connectivity index (χ0v) is 11.6. The highest BCUT2D eigenvalue weighted by Crippen LogP contribution is 2.16. The summed E-state index contributed by atoms with van der Waals surface area (Å²) in [6, 6.07) is 0. The summed E-state index contributed by atoms with van der Waals surface area (Å²) in [7, 11) is -2.43. The third kappa shape index (κ3) is 3.30. The summed E-state index contributed by atoms with van der Waals surface area (Å²) in [4.78, 5) is 17.8. The molecule has 0 aliphatic rings. The van der Waals surface area contributed by atoms with Gasteiger partial charge in [0, 0.05) is 6.54 Å². The number of hydrogen-bond acceptors (Lipinski definition) is 5. The van der Waals surface area contributed by atoms with Crippen LogP contribution in [0.4, 0.5) is 0 Å². The second kappa shape index (κ2) is 5.07. The number of aromatic amines is 1. The van der Waals surface area contributed by atoms with Gasteiger partial charge in [0.15, 0.2) is 5.03 Å². The van der Waals surface area contributed by atoms with Gasteiger partial charge < -0.3 is 9.72 Å². The Kier molecular flexibility index (Phi) is 4.12. The second-order valence-corrected chi connectivity index (χ2v) is 6.27.